The van der Waals surface area contributed by atoms with E-state index >= 15 is 0 Å². The van der Waals surface area contributed by atoms with Crippen molar-refractivity contribution in [3.63, 3.8) is 0 Å². The molecule has 2 aromatic heterocycles. The zero-order chi connectivity index (χ0) is 18.7. The van der Waals surface area contributed by atoms with Crippen LogP contribution in [0.25, 0.3) is 10.2 Å². The standard InChI is InChI=1S/C17H24N4O2S2/c1-9(2)18-13(22)7-21(6)14(23)8-24-16-15-10(3)11(4)25-17(15)20-12(5)19-16/h9H,7-8H2,1-6H3,(H,18,22). The highest BCUT2D eigenvalue weighted by molar-refractivity contribution is 8.00. The average molecular weight is 381 g/mol. The van der Waals surface area contributed by atoms with Crippen LogP contribution in [0.4, 0.5) is 0 Å². The predicted molar refractivity (Wildman–Crippen MR) is 103 cm³/mol. The fraction of sp³-hybridized carbons (Fsp3) is 0.529. The van der Waals surface area contributed by atoms with Gasteiger partial charge < -0.3 is 10.2 Å². The fourth-order valence-corrected chi connectivity index (χ4v) is 4.54. The van der Waals surface area contributed by atoms with Crippen molar-refractivity contribution in [3.8, 4) is 0 Å². The largest absolute Gasteiger partial charge is 0.352 e. The zero-order valence-corrected chi connectivity index (χ0v) is 17.1. The van der Waals surface area contributed by atoms with Gasteiger partial charge in [0.15, 0.2) is 0 Å². The summed E-state index contributed by atoms with van der Waals surface area (Å²) in [6.45, 7) is 9.83. The van der Waals surface area contributed by atoms with E-state index < -0.39 is 0 Å². The van der Waals surface area contributed by atoms with Crippen LogP contribution >= 0.6 is 23.1 Å². The van der Waals surface area contributed by atoms with Crippen molar-refractivity contribution in [1.29, 1.82) is 0 Å². The molecular formula is C17H24N4O2S2. The molecule has 25 heavy (non-hydrogen) atoms. The minimum absolute atomic E-state index is 0.0619. The SMILES string of the molecule is Cc1nc(SCC(=O)N(C)CC(=O)NC(C)C)c2c(C)c(C)sc2n1. The van der Waals surface area contributed by atoms with Gasteiger partial charge in [-0.25, -0.2) is 9.97 Å². The van der Waals surface area contributed by atoms with Gasteiger partial charge in [0, 0.05) is 23.4 Å². The van der Waals surface area contributed by atoms with Crippen LogP contribution in [0.15, 0.2) is 5.03 Å². The maximum Gasteiger partial charge on any atom is 0.239 e. The molecule has 0 bridgehead atoms. The summed E-state index contributed by atoms with van der Waals surface area (Å²) in [7, 11) is 1.64. The number of aromatic nitrogens is 2. The topological polar surface area (TPSA) is 75.2 Å². The summed E-state index contributed by atoms with van der Waals surface area (Å²) in [4.78, 5) is 36.7. The van der Waals surface area contributed by atoms with Crippen LogP contribution in [0, 0.1) is 20.8 Å². The summed E-state index contributed by atoms with van der Waals surface area (Å²) in [6, 6.07) is 0.0625. The first-order valence-corrected chi connectivity index (χ1v) is 9.89. The van der Waals surface area contributed by atoms with Crippen LogP contribution < -0.4 is 5.32 Å². The molecule has 2 heterocycles. The minimum atomic E-state index is -0.152. The van der Waals surface area contributed by atoms with Gasteiger partial charge in [-0.2, -0.15) is 0 Å². The number of carbonyl (C=O) groups is 2. The number of rotatable bonds is 6. The van der Waals surface area contributed by atoms with E-state index in [1.54, 1.807) is 18.4 Å². The summed E-state index contributed by atoms with van der Waals surface area (Å²) >= 11 is 3.05. The summed E-state index contributed by atoms with van der Waals surface area (Å²) in [5.74, 6) is 0.692. The highest BCUT2D eigenvalue weighted by atomic mass is 32.2. The smallest absolute Gasteiger partial charge is 0.239 e. The fourth-order valence-electron chi connectivity index (χ4n) is 2.33. The number of carbonyl (C=O) groups excluding carboxylic acids is 2. The molecule has 0 atom stereocenters. The van der Waals surface area contributed by atoms with Crippen LogP contribution in [0.3, 0.4) is 0 Å². The molecule has 2 amide bonds. The first kappa shape index (κ1) is 19.7. The van der Waals surface area contributed by atoms with Crippen LogP contribution in [-0.4, -0.2) is 52.1 Å². The van der Waals surface area contributed by atoms with E-state index in [2.05, 4.69) is 29.1 Å². The van der Waals surface area contributed by atoms with Crippen molar-refractivity contribution in [2.24, 2.45) is 0 Å². The Kier molecular flexibility index (Phi) is 6.40. The molecule has 0 saturated heterocycles. The Morgan fingerprint density at radius 2 is 1.92 bits per heavy atom. The van der Waals surface area contributed by atoms with Crippen molar-refractivity contribution in [3.05, 3.63) is 16.3 Å². The summed E-state index contributed by atoms with van der Waals surface area (Å²) in [6.07, 6.45) is 0. The van der Waals surface area contributed by atoms with E-state index in [1.807, 2.05) is 20.8 Å². The van der Waals surface area contributed by atoms with Crippen LogP contribution in [0.2, 0.25) is 0 Å². The van der Waals surface area contributed by atoms with Gasteiger partial charge in [0.2, 0.25) is 11.8 Å². The second kappa shape index (κ2) is 8.14. The molecule has 0 aliphatic carbocycles. The number of amides is 2. The predicted octanol–water partition coefficient (Wildman–Crippen LogP) is 2.69. The molecule has 0 unspecified atom stereocenters. The van der Waals surface area contributed by atoms with Crippen LogP contribution in [0.5, 0.6) is 0 Å². The van der Waals surface area contributed by atoms with E-state index in [0.29, 0.717) is 5.82 Å². The van der Waals surface area contributed by atoms with E-state index in [0.717, 1.165) is 15.2 Å². The average Bonchev–Trinajstić information content (AvgIpc) is 2.77. The zero-order valence-electron chi connectivity index (χ0n) is 15.5. The molecule has 136 valence electrons. The lowest BCUT2D eigenvalue weighted by Crippen LogP contribution is -2.41. The lowest BCUT2D eigenvalue weighted by molar-refractivity contribution is -0.132. The summed E-state index contributed by atoms with van der Waals surface area (Å²) < 4.78 is 0. The van der Waals surface area contributed by atoms with Gasteiger partial charge in [0.25, 0.3) is 0 Å². The highest BCUT2D eigenvalue weighted by Crippen LogP contribution is 2.35. The van der Waals surface area contributed by atoms with Gasteiger partial charge in [-0.15, -0.1) is 11.3 Å². The van der Waals surface area contributed by atoms with Crippen molar-refractivity contribution in [2.75, 3.05) is 19.3 Å². The molecule has 0 aliphatic heterocycles. The van der Waals surface area contributed by atoms with Gasteiger partial charge in [0.1, 0.15) is 15.7 Å². The van der Waals surface area contributed by atoms with Crippen molar-refractivity contribution in [2.45, 2.75) is 45.7 Å². The van der Waals surface area contributed by atoms with Gasteiger partial charge >= 0.3 is 0 Å². The van der Waals surface area contributed by atoms with Gasteiger partial charge in [0.05, 0.1) is 12.3 Å². The number of hydrogen-bond donors (Lipinski definition) is 1. The Morgan fingerprint density at radius 1 is 1.24 bits per heavy atom. The third-order valence-electron chi connectivity index (χ3n) is 3.70. The lowest BCUT2D eigenvalue weighted by atomic mass is 10.2. The highest BCUT2D eigenvalue weighted by Gasteiger charge is 2.17. The molecule has 2 rings (SSSR count). The maximum absolute atomic E-state index is 12.3. The molecule has 8 heteroatoms. The summed E-state index contributed by atoms with van der Waals surface area (Å²) in [5.41, 5.74) is 1.17. The molecule has 0 saturated carbocycles. The maximum atomic E-state index is 12.3. The minimum Gasteiger partial charge on any atom is -0.352 e. The Labute approximate surface area is 156 Å². The van der Waals surface area contributed by atoms with Crippen LogP contribution in [-0.2, 0) is 9.59 Å². The molecule has 6 nitrogen and oxygen atoms in total. The van der Waals surface area contributed by atoms with E-state index in [1.165, 1.54) is 27.1 Å². The van der Waals surface area contributed by atoms with Crippen molar-refractivity contribution in [1.82, 2.24) is 20.2 Å². The Bertz CT molecular complexity index is 802. The molecule has 0 radical (unpaired) electrons. The molecule has 0 aliphatic rings. The van der Waals surface area contributed by atoms with Crippen molar-refractivity contribution >= 4 is 45.1 Å². The van der Waals surface area contributed by atoms with E-state index in [-0.39, 0.29) is 30.2 Å². The lowest BCUT2D eigenvalue weighted by Gasteiger charge is -2.17. The first-order chi connectivity index (χ1) is 11.7. The Balaban J connectivity index is 2.07. The van der Waals surface area contributed by atoms with E-state index in [4.69, 9.17) is 0 Å². The number of thiophene rings is 1. The number of likely N-dealkylation sites (N-methyl/N-ethyl adjacent to an activating group) is 1. The number of aryl methyl sites for hydroxylation is 3. The number of fused-ring (bicyclic) bond motifs is 1. The Morgan fingerprint density at radius 3 is 2.56 bits per heavy atom. The molecular weight excluding hydrogens is 356 g/mol. The van der Waals surface area contributed by atoms with Crippen molar-refractivity contribution < 1.29 is 9.59 Å². The third-order valence-corrected chi connectivity index (χ3v) is 5.76. The monoisotopic (exact) mass is 380 g/mol. The number of thioether (sulfide) groups is 1. The normalized spacial score (nSPS) is 11.2. The van der Waals surface area contributed by atoms with Crippen LogP contribution in [0.1, 0.15) is 30.1 Å². The van der Waals surface area contributed by atoms with Gasteiger partial charge in [-0.05, 0) is 40.2 Å². The van der Waals surface area contributed by atoms with E-state index in [9.17, 15) is 9.59 Å². The molecule has 0 fully saturated rings. The second-order valence-corrected chi connectivity index (χ2v) is 8.47. The number of hydrogen-bond acceptors (Lipinski definition) is 6. The number of nitrogens with zero attached hydrogens (tertiary/aromatic N) is 3. The number of nitrogens with one attached hydrogen (secondary N) is 1. The second-order valence-electron chi connectivity index (χ2n) is 6.30. The molecule has 1 N–H and O–H groups in total. The quantitative estimate of drug-likeness (QED) is 0.616. The Hall–Kier alpha value is -1.67. The van der Waals surface area contributed by atoms with Gasteiger partial charge in [-0.3, -0.25) is 9.59 Å². The molecule has 0 aromatic carbocycles. The third kappa shape index (κ3) is 4.92. The molecule has 0 spiro atoms. The first-order valence-electron chi connectivity index (χ1n) is 8.09. The molecule has 2 aromatic rings. The summed E-state index contributed by atoms with van der Waals surface area (Å²) in [5, 5.41) is 4.65. The van der Waals surface area contributed by atoms with Gasteiger partial charge in [-0.1, -0.05) is 11.8 Å².